The van der Waals surface area contributed by atoms with Crippen LogP contribution >= 0.6 is 11.6 Å². The Labute approximate surface area is 142 Å². The molecule has 1 aromatic carbocycles. The topological polar surface area (TPSA) is 52.7 Å². The minimum absolute atomic E-state index is 0.0524. The van der Waals surface area contributed by atoms with Crippen molar-refractivity contribution in [1.29, 1.82) is 0 Å². The fourth-order valence-electron chi connectivity index (χ4n) is 2.49. The first-order valence-electron chi connectivity index (χ1n) is 7.80. The fourth-order valence-corrected chi connectivity index (χ4v) is 2.79. The largest absolute Gasteiger partial charge is 0.365 e. The van der Waals surface area contributed by atoms with Crippen molar-refractivity contribution >= 4 is 34.8 Å². The first kappa shape index (κ1) is 17.6. The van der Waals surface area contributed by atoms with Crippen LogP contribution in [-0.2, 0) is 9.59 Å². The molecule has 0 aromatic heterocycles. The molecule has 0 saturated carbocycles. The number of anilines is 2. The second kappa shape index (κ2) is 6.79. The predicted octanol–water partition coefficient (Wildman–Crippen LogP) is 2.99. The van der Waals surface area contributed by atoms with Gasteiger partial charge in [0.1, 0.15) is 0 Å². The lowest BCUT2D eigenvalue weighted by atomic mass is 9.95. The maximum atomic E-state index is 12.3. The van der Waals surface area contributed by atoms with Crippen molar-refractivity contribution in [3.8, 4) is 0 Å². The Balaban J connectivity index is 2.22. The second-order valence-corrected chi connectivity index (χ2v) is 7.24. The highest BCUT2D eigenvalue weighted by Crippen LogP contribution is 2.35. The van der Waals surface area contributed by atoms with E-state index in [1.54, 1.807) is 6.92 Å². The number of nitrogens with zero attached hydrogens (tertiary/aromatic N) is 2. The molecular weight excluding hydrogens is 314 g/mol. The quantitative estimate of drug-likeness (QED) is 0.902. The third kappa shape index (κ3) is 4.16. The molecule has 1 N–H and O–H groups in total. The van der Waals surface area contributed by atoms with Crippen LogP contribution < -0.4 is 10.2 Å². The van der Waals surface area contributed by atoms with Gasteiger partial charge in [-0.05, 0) is 12.1 Å². The lowest BCUT2D eigenvalue weighted by Gasteiger charge is -2.37. The molecule has 0 aliphatic carbocycles. The molecule has 2 rings (SSSR count). The van der Waals surface area contributed by atoms with Gasteiger partial charge in [-0.2, -0.15) is 0 Å². The van der Waals surface area contributed by atoms with Gasteiger partial charge in [0, 0.05) is 38.5 Å². The molecule has 0 atom stereocenters. The van der Waals surface area contributed by atoms with Gasteiger partial charge < -0.3 is 15.1 Å². The Kier molecular flexibility index (Phi) is 5.19. The average molecular weight is 338 g/mol. The number of amides is 2. The number of halogens is 1. The van der Waals surface area contributed by atoms with Crippen LogP contribution in [0.15, 0.2) is 18.2 Å². The molecule has 1 aliphatic heterocycles. The van der Waals surface area contributed by atoms with Crippen molar-refractivity contribution in [3.05, 3.63) is 23.2 Å². The van der Waals surface area contributed by atoms with Gasteiger partial charge in [-0.25, -0.2) is 0 Å². The Morgan fingerprint density at radius 2 is 1.74 bits per heavy atom. The van der Waals surface area contributed by atoms with Crippen LogP contribution in [-0.4, -0.2) is 42.9 Å². The zero-order valence-corrected chi connectivity index (χ0v) is 14.9. The van der Waals surface area contributed by atoms with Gasteiger partial charge in [0.15, 0.2) is 0 Å². The average Bonchev–Trinajstić information content (AvgIpc) is 2.46. The molecule has 126 valence electrons. The highest BCUT2D eigenvalue weighted by Gasteiger charge is 2.26. The SMILES string of the molecule is CC(=O)N1CCN(c2c(Cl)cccc2NC(=O)C(C)(C)C)CC1. The number of hydrogen-bond donors (Lipinski definition) is 1. The second-order valence-electron chi connectivity index (χ2n) is 6.83. The smallest absolute Gasteiger partial charge is 0.229 e. The van der Waals surface area contributed by atoms with Crippen molar-refractivity contribution in [2.24, 2.45) is 5.41 Å². The molecule has 5 nitrogen and oxygen atoms in total. The molecule has 23 heavy (non-hydrogen) atoms. The number of nitrogens with one attached hydrogen (secondary N) is 1. The van der Waals surface area contributed by atoms with E-state index in [4.69, 9.17) is 11.6 Å². The Morgan fingerprint density at radius 1 is 1.13 bits per heavy atom. The molecule has 1 saturated heterocycles. The fraction of sp³-hybridized carbons (Fsp3) is 0.529. The van der Waals surface area contributed by atoms with Crippen molar-refractivity contribution in [2.75, 3.05) is 36.4 Å². The number of benzene rings is 1. The number of piperazine rings is 1. The molecule has 6 heteroatoms. The van der Waals surface area contributed by atoms with Crippen LogP contribution in [0.1, 0.15) is 27.7 Å². The van der Waals surface area contributed by atoms with Crippen LogP contribution in [0.2, 0.25) is 5.02 Å². The predicted molar refractivity (Wildman–Crippen MR) is 94.0 cm³/mol. The van der Waals surface area contributed by atoms with Crippen molar-refractivity contribution in [3.63, 3.8) is 0 Å². The summed E-state index contributed by atoms with van der Waals surface area (Å²) in [5.41, 5.74) is 1.07. The normalized spacial score (nSPS) is 15.5. The molecule has 1 heterocycles. The van der Waals surface area contributed by atoms with E-state index in [1.165, 1.54) is 0 Å². The van der Waals surface area contributed by atoms with Crippen molar-refractivity contribution in [2.45, 2.75) is 27.7 Å². The van der Waals surface area contributed by atoms with E-state index >= 15 is 0 Å². The van der Waals surface area contributed by atoms with Gasteiger partial charge in [0.2, 0.25) is 11.8 Å². The summed E-state index contributed by atoms with van der Waals surface area (Å²) >= 11 is 6.39. The van der Waals surface area contributed by atoms with Crippen LogP contribution in [0, 0.1) is 5.41 Å². The van der Waals surface area contributed by atoms with E-state index in [9.17, 15) is 9.59 Å². The van der Waals surface area contributed by atoms with Crippen LogP contribution in [0.5, 0.6) is 0 Å². The molecule has 0 spiro atoms. The summed E-state index contributed by atoms with van der Waals surface area (Å²) in [5.74, 6) is 0.0356. The van der Waals surface area contributed by atoms with E-state index in [0.29, 0.717) is 36.9 Å². The summed E-state index contributed by atoms with van der Waals surface area (Å²) in [6.07, 6.45) is 0. The number of carbonyl (C=O) groups is 2. The van der Waals surface area contributed by atoms with Crippen molar-refractivity contribution in [1.82, 2.24) is 4.90 Å². The standard InChI is InChI=1S/C17H24ClN3O2/c1-12(22)20-8-10-21(11-9-20)15-13(18)6-5-7-14(15)19-16(23)17(2,3)4/h5-7H,8-11H2,1-4H3,(H,19,23). The van der Waals surface area contributed by atoms with Crippen LogP contribution in [0.4, 0.5) is 11.4 Å². The van der Waals surface area contributed by atoms with E-state index in [2.05, 4.69) is 10.2 Å². The summed E-state index contributed by atoms with van der Waals surface area (Å²) in [6, 6.07) is 5.51. The monoisotopic (exact) mass is 337 g/mol. The van der Waals surface area contributed by atoms with Crippen molar-refractivity contribution < 1.29 is 9.59 Å². The summed E-state index contributed by atoms with van der Waals surface area (Å²) < 4.78 is 0. The number of rotatable bonds is 2. The zero-order chi connectivity index (χ0) is 17.2. The van der Waals surface area contributed by atoms with E-state index < -0.39 is 5.41 Å². The molecule has 1 aromatic rings. The number of carbonyl (C=O) groups excluding carboxylic acids is 2. The van der Waals surface area contributed by atoms with Crippen LogP contribution in [0.25, 0.3) is 0 Å². The zero-order valence-electron chi connectivity index (χ0n) is 14.1. The summed E-state index contributed by atoms with van der Waals surface area (Å²) in [6.45, 7) is 9.92. The van der Waals surface area contributed by atoms with Gasteiger partial charge in [0.25, 0.3) is 0 Å². The highest BCUT2D eigenvalue weighted by molar-refractivity contribution is 6.34. The number of hydrogen-bond acceptors (Lipinski definition) is 3. The van der Waals surface area contributed by atoms with E-state index in [-0.39, 0.29) is 11.8 Å². The third-order valence-electron chi connectivity index (χ3n) is 3.96. The molecule has 2 amide bonds. The lowest BCUT2D eigenvalue weighted by Crippen LogP contribution is -2.48. The molecule has 0 bridgehead atoms. The first-order valence-corrected chi connectivity index (χ1v) is 8.18. The first-order chi connectivity index (χ1) is 10.7. The van der Waals surface area contributed by atoms with Gasteiger partial charge in [-0.3, -0.25) is 9.59 Å². The Bertz CT molecular complexity index is 602. The maximum absolute atomic E-state index is 12.3. The minimum atomic E-state index is -0.479. The molecule has 0 unspecified atom stereocenters. The molecule has 0 radical (unpaired) electrons. The Morgan fingerprint density at radius 3 is 2.26 bits per heavy atom. The lowest BCUT2D eigenvalue weighted by molar-refractivity contribution is -0.129. The summed E-state index contributed by atoms with van der Waals surface area (Å²) in [4.78, 5) is 27.7. The molecule has 1 aliphatic rings. The van der Waals surface area contributed by atoms with Crippen LogP contribution in [0.3, 0.4) is 0 Å². The van der Waals surface area contributed by atoms with Gasteiger partial charge in [-0.15, -0.1) is 0 Å². The van der Waals surface area contributed by atoms with Gasteiger partial charge in [0.05, 0.1) is 16.4 Å². The highest BCUT2D eigenvalue weighted by atomic mass is 35.5. The summed E-state index contributed by atoms with van der Waals surface area (Å²) in [7, 11) is 0. The number of para-hydroxylation sites is 1. The third-order valence-corrected chi connectivity index (χ3v) is 4.26. The Hall–Kier alpha value is -1.75. The maximum Gasteiger partial charge on any atom is 0.229 e. The van der Waals surface area contributed by atoms with Gasteiger partial charge >= 0.3 is 0 Å². The van der Waals surface area contributed by atoms with E-state index in [1.807, 2.05) is 43.9 Å². The summed E-state index contributed by atoms with van der Waals surface area (Å²) in [5, 5.41) is 3.58. The van der Waals surface area contributed by atoms with Gasteiger partial charge in [-0.1, -0.05) is 38.4 Å². The minimum Gasteiger partial charge on any atom is -0.365 e. The molecular formula is C17H24ClN3O2. The molecule has 1 fully saturated rings. The van der Waals surface area contributed by atoms with E-state index in [0.717, 1.165) is 5.69 Å².